The molecule has 20 heavy (non-hydrogen) atoms. The smallest absolute Gasteiger partial charge is 0.246 e. The molecule has 1 aliphatic rings. The fourth-order valence-corrected chi connectivity index (χ4v) is 4.45. The summed E-state index contributed by atoms with van der Waals surface area (Å²) < 4.78 is 32.5. The van der Waals surface area contributed by atoms with Crippen LogP contribution in [0.25, 0.3) is 0 Å². The largest absolute Gasteiger partial charge is 0.492 e. The number of benzene rings is 1. The van der Waals surface area contributed by atoms with Crippen LogP contribution in [0.3, 0.4) is 0 Å². The number of halogens is 1. The zero-order valence-corrected chi connectivity index (χ0v) is 13.4. The summed E-state index contributed by atoms with van der Waals surface area (Å²) in [6.45, 7) is 5.43. The summed E-state index contributed by atoms with van der Waals surface area (Å²) >= 11 is 5.95. The molecule has 112 valence electrons. The van der Waals surface area contributed by atoms with Gasteiger partial charge >= 0.3 is 0 Å². The van der Waals surface area contributed by atoms with Gasteiger partial charge in [-0.2, -0.15) is 4.31 Å². The molecule has 1 heterocycles. The van der Waals surface area contributed by atoms with E-state index in [4.69, 9.17) is 16.3 Å². The standard InChI is InChI=1S/C14H20ClNO3S/c1-3-19-13-7-6-12(15)9-14(13)20(17,18)16-8-4-5-11(2)10-16/h6-7,9,11H,3-5,8,10H2,1-2H3. The second-order valence-corrected chi connectivity index (χ2v) is 7.48. The van der Waals surface area contributed by atoms with Gasteiger partial charge in [0.25, 0.3) is 0 Å². The van der Waals surface area contributed by atoms with Gasteiger partial charge in [-0.15, -0.1) is 0 Å². The number of sulfonamides is 1. The van der Waals surface area contributed by atoms with Gasteiger partial charge in [0.15, 0.2) is 0 Å². The van der Waals surface area contributed by atoms with Gasteiger partial charge < -0.3 is 4.74 Å². The molecule has 6 heteroatoms. The van der Waals surface area contributed by atoms with Crippen LogP contribution in [0.15, 0.2) is 23.1 Å². The van der Waals surface area contributed by atoms with Crippen molar-refractivity contribution in [3.8, 4) is 5.75 Å². The van der Waals surface area contributed by atoms with E-state index in [1.807, 2.05) is 6.92 Å². The lowest BCUT2D eigenvalue weighted by molar-refractivity contribution is 0.278. The quantitative estimate of drug-likeness (QED) is 0.857. The Morgan fingerprint density at radius 1 is 1.45 bits per heavy atom. The maximum atomic E-state index is 12.8. The molecule has 1 fully saturated rings. The molecule has 1 saturated heterocycles. The van der Waals surface area contributed by atoms with Gasteiger partial charge in [0, 0.05) is 18.1 Å². The first-order valence-electron chi connectivity index (χ1n) is 6.87. The van der Waals surface area contributed by atoms with Crippen LogP contribution in [0, 0.1) is 5.92 Å². The lowest BCUT2D eigenvalue weighted by atomic mass is 10.0. The minimum atomic E-state index is -3.55. The maximum Gasteiger partial charge on any atom is 0.246 e. The minimum absolute atomic E-state index is 0.168. The number of ether oxygens (including phenoxy) is 1. The van der Waals surface area contributed by atoms with Crippen LogP contribution in [0.2, 0.25) is 5.02 Å². The molecule has 2 rings (SSSR count). The van der Waals surface area contributed by atoms with E-state index in [-0.39, 0.29) is 4.90 Å². The summed E-state index contributed by atoms with van der Waals surface area (Å²) in [4.78, 5) is 0.168. The molecule has 1 aliphatic heterocycles. The zero-order valence-electron chi connectivity index (χ0n) is 11.8. The van der Waals surface area contributed by atoms with E-state index in [0.29, 0.717) is 36.4 Å². The third-order valence-corrected chi connectivity index (χ3v) is 5.56. The first kappa shape index (κ1) is 15.6. The highest BCUT2D eigenvalue weighted by Crippen LogP contribution is 2.31. The van der Waals surface area contributed by atoms with E-state index in [2.05, 4.69) is 6.92 Å². The Bertz CT molecular complexity index is 574. The van der Waals surface area contributed by atoms with Gasteiger partial charge in [-0.25, -0.2) is 8.42 Å². The average molecular weight is 318 g/mol. The minimum Gasteiger partial charge on any atom is -0.492 e. The maximum absolute atomic E-state index is 12.8. The molecule has 4 nitrogen and oxygen atoms in total. The highest BCUT2D eigenvalue weighted by molar-refractivity contribution is 7.89. The van der Waals surface area contributed by atoms with Crippen LogP contribution in [-0.4, -0.2) is 32.4 Å². The van der Waals surface area contributed by atoms with Crippen molar-refractivity contribution in [2.45, 2.75) is 31.6 Å². The van der Waals surface area contributed by atoms with Crippen LogP contribution in [-0.2, 0) is 10.0 Å². The summed E-state index contributed by atoms with van der Waals surface area (Å²) in [5.41, 5.74) is 0. The second kappa shape index (κ2) is 6.33. The Morgan fingerprint density at radius 2 is 2.20 bits per heavy atom. The van der Waals surface area contributed by atoms with Crippen LogP contribution < -0.4 is 4.74 Å². The molecular formula is C14H20ClNO3S. The van der Waals surface area contributed by atoms with Crippen LogP contribution in [0.1, 0.15) is 26.7 Å². The third kappa shape index (κ3) is 3.27. The molecule has 0 aromatic heterocycles. The Labute approximate surface area is 125 Å². The van der Waals surface area contributed by atoms with Crippen molar-refractivity contribution in [3.05, 3.63) is 23.2 Å². The van der Waals surface area contributed by atoms with Crippen LogP contribution in [0.4, 0.5) is 0 Å². The van der Waals surface area contributed by atoms with E-state index < -0.39 is 10.0 Å². The summed E-state index contributed by atoms with van der Waals surface area (Å²) in [6.07, 6.45) is 1.96. The van der Waals surface area contributed by atoms with Gasteiger partial charge in [-0.1, -0.05) is 18.5 Å². The molecule has 0 aliphatic carbocycles. The van der Waals surface area contributed by atoms with Gasteiger partial charge in [0.1, 0.15) is 10.6 Å². The highest BCUT2D eigenvalue weighted by atomic mass is 35.5. The van der Waals surface area contributed by atoms with Crippen LogP contribution in [0.5, 0.6) is 5.75 Å². The van der Waals surface area contributed by atoms with E-state index in [1.165, 1.54) is 10.4 Å². The van der Waals surface area contributed by atoms with Crippen molar-refractivity contribution < 1.29 is 13.2 Å². The summed E-state index contributed by atoms with van der Waals surface area (Å²) in [5.74, 6) is 0.753. The number of rotatable bonds is 4. The van der Waals surface area contributed by atoms with Crippen LogP contribution >= 0.6 is 11.6 Å². The molecular weight excluding hydrogens is 298 g/mol. The van der Waals surface area contributed by atoms with Crippen molar-refractivity contribution >= 4 is 21.6 Å². The molecule has 0 N–H and O–H groups in total. The lowest BCUT2D eigenvalue weighted by Crippen LogP contribution is -2.39. The fraction of sp³-hybridized carbons (Fsp3) is 0.571. The third-order valence-electron chi connectivity index (χ3n) is 3.44. The van der Waals surface area contributed by atoms with Crippen molar-refractivity contribution in [2.24, 2.45) is 5.92 Å². The lowest BCUT2D eigenvalue weighted by Gasteiger charge is -2.30. The van der Waals surface area contributed by atoms with Crippen molar-refractivity contribution in [3.63, 3.8) is 0 Å². The van der Waals surface area contributed by atoms with E-state index in [1.54, 1.807) is 12.1 Å². The molecule has 1 atom stereocenters. The van der Waals surface area contributed by atoms with E-state index in [0.717, 1.165) is 12.8 Å². The molecule has 0 spiro atoms. The molecule has 1 aromatic carbocycles. The Kier molecular flexibility index (Phi) is 4.94. The van der Waals surface area contributed by atoms with E-state index in [9.17, 15) is 8.42 Å². The summed E-state index contributed by atoms with van der Waals surface area (Å²) in [5, 5.41) is 0.400. The molecule has 1 unspecified atom stereocenters. The Hall–Kier alpha value is -0.780. The Balaban J connectivity index is 2.40. The predicted octanol–water partition coefficient (Wildman–Crippen LogP) is 3.16. The molecule has 0 radical (unpaired) electrons. The second-order valence-electron chi connectivity index (χ2n) is 5.13. The topological polar surface area (TPSA) is 46.6 Å². The molecule has 0 saturated carbocycles. The number of hydrogen-bond acceptors (Lipinski definition) is 3. The molecule has 1 aromatic rings. The van der Waals surface area contributed by atoms with E-state index >= 15 is 0 Å². The summed E-state index contributed by atoms with van der Waals surface area (Å²) in [7, 11) is -3.55. The van der Waals surface area contributed by atoms with Gasteiger partial charge in [-0.3, -0.25) is 0 Å². The monoisotopic (exact) mass is 317 g/mol. The van der Waals surface area contributed by atoms with Gasteiger partial charge in [0.05, 0.1) is 6.61 Å². The SMILES string of the molecule is CCOc1ccc(Cl)cc1S(=O)(=O)N1CCCC(C)C1. The average Bonchev–Trinajstić information content (AvgIpc) is 2.41. The van der Waals surface area contributed by atoms with Crippen molar-refractivity contribution in [2.75, 3.05) is 19.7 Å². The zero-order chi connectivity index (χ0) is 14.8. The van der Waals surface area contributed by atoms with Crippen molar-refractivity contribution in [1.82, 2.24) is 4.31 Å². The summed E-state index contributed by atoms with van der Waals surface area (Å²) in [6, 6.07) is 4.73. The first-order chi connectivity index (χ1) is 9.45. The first-order valence-corrected chi connectivity index (χ1v) is 8.69. The fourth-order valence-electron chi connectivity index (χ4n) is 2.46. The number of nitrogens with zero attached hydrogens (tertiary/aromatic N) is 1. The number of piperidine rings is 1. The molecule has 0 bridgehead atoms. The highest BCUT2D eigenvalue weighted by Gasteiger charge is 2.31. The predicted molar refractivity (Wildman–Crippen MR) is 79.8 cm³/mol. The van der Waals surface area contributed by atoms with Gasteiger partial charge in [-0.05, 0) is 43.9 Å². The van der Waals surface area contributed by atoms with Gasteiger partial charge in [0.2, 0.25) is 10.0 Å². The van der Waals surface area contributed by atoms with Crippen molar-refractivity contribution in [1.29, 1.82) is 0 Å². The normalized spacial score (nSPS) is 20.9. The number of hydrogen-bond donors (Lipinski definition) is 0. The Morgan fingerprint density at radius 3 is 2.85 bits per heavy atom. The molecule has 0 amide bonds.